The number of amides is 1. The van der Waals surface area contributed by atoms with Crippen LogP contribution in [0.1, 0.15) is 30.1 Å². The highest BCUT2D eigenvalue weighted by molar-refractivity contribution is 9.10. The van der Waals surface area contributed by atoms with Gasteiger partial charge in [-0.25, -0.2) is 4.39 Å². The highest BCUT2D eigenvalue weighted by Gasteiger charge is 2.13. The standard InChI is InChI=1S/C12H12BrFN2O/c1-2-9(5-6-15)16-12(17)8-3-4-11(14)10(13)7-8/h3-4,7,9H,2,5H2,1H3,(H,16,17). The normalized spacial score (nSPS) is 11.6. The fraction of sp³-hybridized carbons (Fsp3) is 0.333. The summed E-state index contributed by atoms with van der Waals surface area (Å²) in [4.78, 5) is 11.8. The van der Waals surface area contributed by atoms with Crippen molar-refractivity contribution in [3.63, 3.8) is 0 Å². The Morgan fingerprint density at radius 1 is 1.65 bits per heavy atom. The van der Waals surface area contributed by atoms with E-state index in [0.29, 0.717) is 12.0 Å². The summed E-state index contributed by atoms with van der Waals surface area (Å²) in [5.74, 6) is -0.710. The van der Waals surface area contributed by atoms with E-state index in [1.807, 2.05) is 13.0 Å². The van der Waals surface area contributed by atoms with Crippen LogP contribution in [0.5, 0.6) is 0 Å². The number of carbonyl (C=O) groups is 1. The molecule has 0 aromatic heterocycles. The van der Waals surface area contributed by atoms with E-state index in [9.17, 15) is 9.18 Å². The second kappa shape index (κ2) is 6.36. The zero-order valence-electron chi connectivity index (χ0n) is 9.34. The molecule has 1 N–H and O–H groups in total. The van der Waals surface area contributed by atoms with Gasteiger partial charge >= 0.3 is 0 Å². The van der Waals surface area contributed by atoms with Gasteiger partial charge in [0.15, 0.2) is 0 Å². The third kappa shape index (κ3) is 3.82. The highest BCUT2D eigenvalue weighted by Crippen LogP contribution is 2.17. The van der Waals surface area contributed by atoms with Crippen molar-refractivity contribution in [2.24, 2.45) is 0 Å². The molecule has 90 valence electrons. The molecule has 1 rings (SSSR count). The van der Waals surface area contributed by atoms with Gasteiger partial charge in [-0.15, -0.1) is 0 Å². The summed E-state index contributed by atoms with van der Waals surface area (Å²) in [6.07, 6.45) is 0.951. The first-order chi connectivity index (χ1) is 8.08. The van der Waals surface area contributed by atoms with Crippen LogP contribution in [0.2, 0.25) is 0 Å². The Kier molecular flexibility index (Phi) is 5.11. The van der Waals surface area contributed by atoms with Crippen molar-refractivity contribution in [2.45, 2.75) is 25.8 Å². The Morgan fingerprint density at radius 2 is 2.35 bits per heavy atom. The minimum Gasteiger partial charge on any atom is -0.348 e. The molecule has 0 radical (unpaired) electrons. The second-order valence-corrected chi connectivity index (χ2v) is 4.42. The summed E-state index contributed by atoms with van der Waals surface area (Å²) in [6, 6.07) is 5.90. The molecule has 0 saturated carbocycles. The molecule has 0 aliphatic heterocycles. The van der Waals surface area contributed by atoms with Gasteiger partial charge in [-0.1, -0.05) is 6.92 Å². The SMILES string of the molecule is CCC(CC#N)NC(=O)c1ccc(F)c(Br)c1. The third-order valence-corrected chi connectivity index (χ3v) is 2.96. The number of benzene rings is 1. The number of nitrogens with one attached hydrogen (secondary N) is 1. The van der Waals surface area contributed by atoms with Crippen molar-refractivity contribution in [3.05, 3.63) is 34.1 Å². The van der Waals surface area contributed by atoms with E-state index in [4.69, 9.17) is 5.26 Å². The van der Waals surface area contributed by atoms with Gasteiger partial charge < -0.3 is 5.32 Å². The molecule has 1 aromatic rings. The minimum atomic E-state index is -0.411. The first kappa shape index (κ1) is 13.7. The van der Waals surface area contributed by atoms with Crippen LogP contribution in [-0.2, 0) is 0 Å². The number of nitrogens with zero attached hydrogens (tertiary/aromatic N) is 1. The fourth-order valence-corrected chi connectivity index (χ4v) is 1.69. The molecule has 3 nitrogen and oxygen atoms in total. The molecule has 0 fully saturated rings. The smallest absolute Gasteiger partial charge is 0.251 e. The third-order valence-electron chi connectivity index (χ3n) is 2.35. The summed E-state index contributed by atoms with van der Waals surface area (Å²) in [5, 5.41) is 11.3. The van der Waals surface area contributed by atoms with E-state index in [0.717, 1.165) is 0 Å². The van der Waals surface area contributed by atoms with Crippen LogP contribution in [0.3, 0.4) is 0 Å². The van der Waals surface area contributed by atoms with Gasteiger partial charge in [0.25, 0.3) is 5.91 Å². The van der Waals surface area contributed by atoms with E-state index < -0.39 is 5.82 Å². The van der Waals surface area contributed by atoms with Crippen LogP contribution in [0.25, 0.3) is 0 Å². The van der Waals surface area contributed by atoms with Gasteiger partial charge in [-0.2, -0.15) is 5.26 Å². The lowest BCUT2D eigenvalue weighted by Crippen LogP contribution is -2.34. The number of nitriles is 1. The molecule has 1 atom stereocenters. The number of carbonyl (C=O) groups excluding carboxylic acids is 1. The Bertz CT molecular complexity index is 456. The van der Waals surface area contributed by atoms with Gasteiger partial charge in [0.2, 0.25) is 0 Å². The van der Waals surface area contributed by atoms with Crippen molar-refractivity contribution >= 4 is 21.8 Å². The summed E-state index contributed by atoms with van der Waals surface area (Å²) < 4.78 is 13.2. The molecule has 0 bridgehead atoms. The topological polar surface area (TPSA) is 52.9 Å². The lowest BCUT2D eigenvalue weighted by atomic mass is 10.1. The maximum Gasteiger partial charge on any atom is 0.251 e. The molecule has 0 heterocycles. The lowest BCUT2D eigenvalue weighted by molar-refractivity contribution is 0.0936. The van der Waals surface area contributed by atoms with E-state index in [1.165, 1.54) is 18.2 Å². The molecule has 1 aromatic carbocycles. The molecule has 5 heteroatoms. The van der Waals surface area contributed by atoms with Crippen LogP contribution in [0, 0.1) is 17.1 Å². The highest BCUT2D eigenvalue weighted by atomic mass is 79.9. The van der Waals surface area contributed by atoms with Crippen molar-refractivity contribution in [1.29, 1.82) is 5.26 Å². The van der Waals surface area contributed by atoms with Crippen LogP contribution in [-0.4, -0.2) is 11.9 Å². The van der Waals surface area contributed by atoms with Crippen LogP contribution < -0.4 is 5.32 Å². The van der Waals surface area contributed by atoms with Crippen molar-refractivity contribution in [2.75, 3.05) is 0 Å². The Hall–Kier alpha value is -1.41. The molecular weight excluding hydrogens is 287 g/mol. The summed E-state index contributed by atoms with van der Waals surface area (Å²) in [7, 11) is 0. The quantitative estimate of drug-likeness (QED) is 0.929. The van der Waals surface area contributed by atoms with Crippen LogP contribution in [0.15, 0.2) is 22.7 Å². The van der Waals surface area contributed by atoms with E-state index in [-0.39, 0.29) is 22.8 Å². The molecule has 1 unspecified atom stereocenters. The van der Waals surface area contributed by atoms with Gasteiger partial charge in [0.05, 0.1) is 17.0 Å². The van der Waals surface area contributed by atoms with Crippen molar-refractivity contribution < 1.29 is 9.18 Å². The summed E-state index contributed by atoms with van der Waals surface area (Å²) in [6.45, 7) is 1.89. The van der Waals surface area contributed by atoms with Gasteiger partial charge in [0, 0.05) is 11.6 Å². The molecule has 0 saturated heterocycles. The van der Waals surface area contributed by atoms with E-state index in [1.54, 1.807) is 0 Å². The average Bonchev–Trinajstić information content (AvgIpc) is 2.31. The van der Waals surface area contributed by atoms with Gasteiger partial charge in [0.1, 0.15) is 5.82 Å². The van der Waals surface area contributed by atoms with Gasteiger partial charge in [-0.3, -0.25) is 4.79 Å². The first-order valence-electron chi connectivity index (χ1n) is 5.21. The molecule has 17 heavy (non-hydrogen) atoms. The van der Waals surface area contributed by atoms with Crippen LogP contribution in [0.4, 0.5) is 4.39 Å². The zero-order chi connectivity index (χ0) is 12.8. The monoisotopic (exact) mass is 298 g/mol. The number of hydrogen-bond acceptors (Lipinski definition) is 2. The predicted octanol–water partition coefficient (Wildman–Crippen LogP) is 3.01. The maximum absolute atomic E-state index is 13.0. The predicted molar refractivity (Wildman–Crippen MR) is 65.9 cm³/mol. The largest absolute Gasteiger partial charge is 0.348 e. The van der Waals surface area contributed by atoms with E-state index in [2.05, 4.69) is 21.2 Å². The summed E-state index contributed by atoms with van der Waals surface area (Å²) in [5.41, 5.74) is 0.370. The number of halogens is 2. The Balaban J connectivity index is 2.76. The maximum atomic E-state index is 13.0. The van der Waals surface area contributed by atoms with Crippen molar-refractivity contribution in [3.8, 4) is 6.07 Å². The number of rotatable bonds is 4. The van der Waals surface area contributed by atoms with E-state index >= 15 is 0 Å². The first-order valence-corrected chi connectivity index (χ1v) is 6.00. The Labute approximate surface area is 108 Å². The van der Waals surface area contributed by atoms with Crippen LogP contribution >= 0.6 is 15.9 Å². The molecule has 0 aliphatic carbocycles. The molecule has 1 amide bonds. The minimum absolute atomic E-state index is 0.170. The second-order valence-electron chi connectivity index (χ2n) is 3.57. The van der Waals surface area contributed by atoms with Gasteiger partial charge in [-0.05, 0) is 40.5 Å². The molecule has 0 spiro atoms. The lowest BCUT2D eigenvalue weighted by Gasteiger charge is -2.13. The summed E-state index contributed by atoms with van der Waals surface area (Å²) >= 11 is 3.02. The zero-order valence-corrected chi connectivity index (χ0v) is 10.9. The molecular formula is C12H12BrFN2O. The Morgan fingerprint density at radius 3 is 2.88 bits per heavy atom. The average molecular weight is 299 g/mol. The molecule has 0 aliphatic rings. The van der Waals surface area contributed by atoms with Crippen molar-refractivity contribution in [1.82, 2.24) is 5.32 Å². The fourth-order valence-electron chi connectivity index (χ4n) is 1.31. The number of hydrogen-bond donors (Lipinski definition) is 1.